The number of rotatable bonds is 2. The summed E-state index contributed by atoms with van der Waals surface area (Å²) in [7, 11) is 0. The summed E-state index contributed by atoms with van der Waals surface area (Å²) in [6.07, 6.45) is 2.74. The molecule has 1 N–H and O–H groups in total. The third-order valence-corrected chi connectivity index (χ3v) is 4.43. The van der Waals surface area contributed by atoms with E-state index in [2.05, 4.69) is 28.9 Å². The quantitative estimate of drug-likeness (QED) is 0.805. The van der Waals surface area contributed by atoms with Crippen LogP contribution in [0.2, 0.25) is 0 Å². The first-order chi connectivity index (χ1) is 6.79. The van der Waals surface area contributed by atoms with Gasteiger partial charge in [0.1, 0.15) is 0 Å². The molecule has 2 aliphatic rings. The van der Waals surface area contributed by atoms with E-state index in [1.165, 1.54) is 57.1 Å². The van der Waals surface area contributed by atoms with Crippen molar-refractivity contribution in [3.63, 3.8) is 0 Å². The largest absolute Gasteiger partial charge is 0.316 e. The number of halogens is 1. The minimum absolute atomic E-state index is 0. The molecule has 0 aromatic heterocycles. The lowest BCUT2D eigenvalue weighted by Gasteiger charge is -2.30. The number of nitrogens with one attached hydrogen (secondary N) is 1. The SMILES string of the molecule is CC1(CN2CCCSCC2)CCNC1.Cl. The second-order valence-electron chi connectivity index (χ2n) is 4.98. The standard InChI is InChI=1S/C11H22N2S.ClH/c1-11(3-4-12-9-11)10-13-5-2-7-14-8-6-13;/h12H,2-10H2,1H3;1H. The smallest absolute Gasteiger partial charge is 0.00726 e. The maximum atomic E-state index is 3.49. The molecule has 0 saturated carbocycles. The van der Waals surface area contributed by atoms with Gasteiger partial charge >= 0.3 is 0 Å². The lowest BCUT2D eigenvalue weighted by molar-refractivity contribution is 0.188. The highest BCUT2D eigenvalue weighted by atomic mass is 35.5. The molecule has 0 aliphatic carbocycles. The maximum Gasteiger partial charge on any atom is 0.00726 e. The summed E-state index contributed by atoms with van der Waals surface area (Å²) in [6.45, 7) is 8.81. The molecule has 0 aromatic rings. The maximum absolute atomic E-state index is 3.49. The lowest BCUT2D eigenvalue weighted by Crippen LogP contribution is -2.38. The van der Waals surface area contributed by atoms with Crippen LogP contribution in [-0.4, -0.2) is 49.1 Å². The van der Waals surface area contributed by atoms with E-state index >= 15 is 0 Å². The number of nitrogens with zero attached hydrogens (tertiary/aromatic N) is 1. The fraction of sp³-hybridized carbons (Fsp3) is 1.00. The zero-order valence-electron chi connectivity index (χ0n) is 9.63. The van der Waals surface area contributed by atoms with Gasteiger partial charge in [0.2, 0.25) is 0 Å². The molecular weight excluding hydrogens is 228 g/mol. The Labute approximate surface area is 104 Å². The Bertz CT molecular complexity index is 175. The summed E-state index contributed by atoms with van der Waals surface area (Å²) in [5, 5.41) is 3.49. The van der Waals surface area contributed by atoms with Crippen LogP contribution < -0.4 is 5.32 Å². The molecule has 0 bridgehead atoms. The Morgan fingerprint density at radius 3 is 2.93 bits per heavy atom. The first-order valence-electron chi connectivity index (χ1n) is 5.79. The average Bonchev–Trinajstić information content (AvgIpc) is 2.43. The minimum Gasteiger partial charge on any atom is -0.316 e. The van der Waals surface area contributed by atoms with E-state index in [1.54, 1.807) is 0 Å². The fourth-order valence-corrected chi connectivity index (χ4v) is 3.42. The van der Waals surface area contributed by atoms with Gasteiger partial charge in [0.05, 0.1) is 0 Å². The molecule has 2 fully saturated rings. The van der Waals surface area contributed by atoms with E-state index in [0.29, 0.717) is 5.41 Å². The Balaban J connectivity index is 0.00000112. The molecule has 2 nitrogen and oxygen atoms in total. The van der Waals surface area contributed by atoms with Crippen LogP contribution in [0.25, 0.3) is 0 Å². The Morgan fingerprint density at radius 1 is 1.33 bits per heavy atom. The Kier molecular flexibility index (Phi) is 5.75. The van der Waals surface area contributed by atoms with Gasteiger partial charge in [0.25, 0.3) is 0 Å². The first-order valence-corrected chi connectivity index (χ1v) is 6.95. The van der Waals surface area contributed by atoms with E-state index in [9.17, 15) is 0 Å². The third-order valence-electron chi connectivity index (χ3n) is 3.38. The van der Waals surface area contributed by atoms with Gasteiger partial charge in [-0.05, 0) is 37.1 Å². The predicted octanol–water partition coefficient (Wildman–Crippen LogP) is 1.85. The molecule has 1 atom stereocenters. The highest BCUT2D eigenvalue weighted by Crippen LogP contribution is 2.26. The van der Waals surface area contributed by atoms with Crippen molar-refractivity contribution in [3.8, 4) is 0 Å². The van der Waals surface area contributed by atoms with Crippen molar-refractivity contribution >= 4 is 24.2 Å². The van der Waals surface area contributed by atoms with Crippen LogP contribution in [0, 0.1) is 5.41 Å². The van der Waals surface area contributed by atoms with Crippen molar-refractivity contribution in [2.45, 2.75) is 19.8 Å². The van der Waals surface area contributed by atoms with Crippen LogP contribution in [-0.2, 0) is 0 Å². The molecule has 2 saturated heterocycles. The monoisotopic (exact) mass is 250 g/mol. The molecular formula is C11H23ClN2S. The van der Waals surface area contributed by atoms with Crippen molar-refractivity contribution < 1.29 is 0 Å². The van der Waals surface area contributed by atoms with Gasteiger partial charge in [-0.15, -0.1) is 12.4 Å². The molecule has 2 heterocycles. The number of thioether (sulfide) groups is 1. The van der Waals surface area contributed by atoms with Crippen LogP contribution in [0.3, 0.4) is 0 Å². The molecule has 90 valence electrons. The molecule has 15 heavy (non-hydrogen) atoms. The van der Waals surface area contributed by atoms with Gasteiger partial charge < -0.3 is 10.2 Å². The number of hydrogen-bond donors (Lipinski definition) is 1. The summed E-state index contributed by atoms with van der Waals surface area (Å²) < 4.78 is 0. The summed E-state index contributed by atoms with van der Waals surface area (Å²) >= 11 is 2.12. The minimum atomic E-state index is 0. The normalized spacial score (nSPS) is 33.4. The zero-order valence-corrected chi connectivity index (χ0v) is 11.3. The van der Waals surface area contributed by atoms with Crippen LogP contribution >= 0.6 is 24.2 Å². The fourth-order valence-electron chi connectivity index (χ4n) is 2.50. The molecule has 4 heteroatoms. The second-order valence-corrected chi connectivity index (χ2v) is 6.20. The lowest BCUT2D eigenvalue weighted by atomic mass is 9.89. The van der Waals surface area contributed by atoms with E-state index < -0.39 is 0 Å². The summed E-state index contributed by atoms with van der Waals surface area (Å²) in [6, 6.07) is 0. The molecule has 1 unspecified atom stereocenters. The van der Waals surface area contributed by atoms with Crippen molar-refractivity contribution in [3.05, 3.63) is 0 Å². The summed E-state index contributed by atoms with van der Waals surface area (Å²) in [5.74, 6) is 2.70. The van der Waals surface area contributed by atoms with E-state index in [-0.39, 0.29) is 12.4 Å². The summed E-state index contributed by atoms with van der Waals surface area (Å²) in [5.41, 5.74) is 0.551. The van der Waals surface area contributed by atoms with Crippen LogP contribution in [0.1, 0.15) is 19.8 Å². The van der Waals surface area contributed by atoms with Crippen molar-refractivity contribution in [1.29, 1.82) is 0 Å². The van der Waals surface area contributed by atoms with Gasteiger partial charge in [0, 0.05) is 25.4 Å². The predicted molar refractivity (Wildman–Crippen MR) is 71.2 cm³/mol. The first kappa shape index (κ1) is 13.6. The zero-order chi connectivity index (χ0) is 9.86. The molecule has 0 amide bonds. The van der Waals surface area contributed by atoms with E-state index in [4.69, 9.17) is 0 Å². The topological polar surface area (TPSA) is 15.3 Å². The highest BCUT2D eigenvalue weighted by Gasteiger charge is 2.30. The molecule has 2 rings (SSSR count). The Hall–Kier alpha value is 0.560. The van der Waals surface area contributed by atoms with E-state index in [1.807, 2.05) is 0 Å². The van der Waals surface area contributed by atoms with Gasteiger partial charge in [-0.1, -0.05) is 6.92 Å². The molecule has 0 spiro atoms. The van der Waals surface area contributed by atoms with Crippen molar-refractivity contribution in [1.82, 2.24) is 10.2 Å². The Morgan fingerprint density at radius 2 is 2.20 bits per heavy atom. The van der Waals surface area contributed by atoms with Crippen LogP contribution in [0.5, 0.6) is 0 Å². The molecule has 0 radical (unpaired) electrons. The van der Waals surface area contributed by atoms with Crippen LogP contribution in [0.4, 0.5) is 0 Å². The average molecular weight is 251 g/mol. The highest BCUT2D eigenvalue weighted by molar-refractivity contribution is 7.99. The second kappa shape index (κ2) is 6.33. The van der Waals surface area contributed by atoms with Crippen molar-refractivity contribution in [2.24, 2.45) is 5.41 Å². The molecule has 0 aromatic carbocycles. The van der Waals surface area contributed by atoms with Crippen molar-refractivity contribution in [2.75, 3.05) is 44.2 Å². The van der Waals surface area contributed by atoms with Gasteiger partial charge in [-0.3, -0.25) is 0 Å². The number of hydrogen-bond acceptors (Lipinski definition) is 3. The van der Waals surface area contributed by atoms with Gasteiger partial charge in [-0.25, -0.2) is 0 Å². The van der Waals surface area contributed by atoms with Crippen LogP contribution in [0.15, 0.2) is 0 Å². The third kappa shape index (κ3) is 4.14. The van der Waals surface area contributed by atoms with E-state index in [0.717, 1.165) is 0 Å². The van der Waals surface area contributed by atoms with Gasteiger partial charge in [0.15, 0.2) is 0 Å². The summed E-state index contributed by atoms with van der Waals surface area (Å²) in [4.78, 5) is 2.67. The molecule has 2 aliphatic heterocycles. The van der Waals surface area contributed by atoms with Gasteiger partial charge in [-0.2, -0.15) is 11.8 Å².